The van der Waals surface area contributed by atoms with Gasteiger partial charge in [0.1, 0.15) is 5.82 Å². The first-order chi connectivity index (χ1) is 12.0. The van der Waals surface area contributed by atoms with Gasteiger partial charge in [0.2, 0.25) is 0 Å². The molecule has 3 heterocycles. The number of hydrogen-bond acceptors (Lipinski definition) is 2. The highest BCUT2D eigenvalue weighted by Crippen LogP contribution is 2.51. The van der Waals surface area contributed by atoms with E-state index in [2.05, 4.69) is 84.7 Å². The predicted molar refractivity (Wildman–Crippen MR) is 102 cm³/mol. The predicted octanol–water partition coefficient (Wildman–Crippen LogP) is 4.90. The van der Waals surface area contributed by atoms with Crippen LogP contribution in [-0.2, 0) is 11.8 Å². The number of anilines is 2. The Morgan fingerprint density at radius 1 is 1.08 bits per heavy atom. The molecule has 0 amide bonds. The van der Waals surface area contributed by atoms with Crippen LogP contribution < -0.4 is 4.90 Å². The number of fused-ring (bicyclic) bond motifs is 4. The summed E-state index contributed by atoms with van der Waals surface area (Å²) in [7, 11) is 0. The van der Waals surface area contributed by atoms with Crippen LogP contribution in [0.4, 0.5) is 11.4 Å². The normalized spacial score (nSPS) is 19.7. The molecule has 0 saturated heterocycles. The Morgan fingerprint density at radius 3 is 2.72 bits per heavy atom. The summed E-state index contributed by atoms with van der Waals surface area (Å²) in [5, 5.41) is 0. The summed E-state index contributed by atoms with van der Waals surface area (Å²) in [5.41, 5.74) is 8.30. The lowest BCUT2D eigenvalue weighted by molar-refractivity contribution is 0.461. The molecule has 0 bridgehead atoms. The number of aromatic nitrogens is 2. The zero-order valence-electron chi connectivity index (χ0n) is 15.2. The van der Waals surface area contributed by atoms with Gasteiger partial charge in [-0.25, -0.2) is 4.98 Å². The molecule has 2 aliphatic rings. The third-order valence-corrected chi connectivity index (χ3v) is 6.30. The van der Waals surface area contributed by atoms with Crippen molar-refractivity contribution < 1.29 is 0 Å². The summed E-state index contributed by atoms with van der Waals surface area (Å²) in [6.07, 6.45) is 4.88. The Bertz CT molecular complexity index is 996. The number of nitrogens with zero attached hydrogens (tertiary/aromatic N) is 3. The molecule has 2 aliphatic heterocycles. The number of rotatable bonds is 1. The van der Waals surface area contributed by atoms with Gasteiger partial charge in [-0.1, -0.05) is 38.1 Å². The molecule has 3 heteroatoms. The maximum absolute atomic E-state index is 4.55. The highest BCUT2D eigenvalue weighted by molar-refractivity contribution is 5.80. The van der Waals surface area contributed by atoms with E-state index in [4.69, 9.17) is 0 Å². The minimum Gasteiger partial charge on any atom is -0.337 e. The molecule has 25 heavy (non-hydrogen) atoms. The molecule has 3 aromatic rings. The van der Waals surface area contributed by atoms with Gasteiger partial charge >= 0.3 is 0 Å². The van der Waals surface area contributed by atoms with Gasteiger partial charge in [0, 0.05) is 41.5 Å². The second-order valence-corrected chi connectivity index (χ2v) is 7.90. The molecule has 0 fully saturated rings. The average molecular weight is 329 g/mol. The summed E-state index contributed by atoms with van der Waals surface area (Å²) < 4.78 is 2.23. The molecule has 1 aromatic heterocycles. The van der Waals surface area contributed by atoms with Crippen molar-refractivity contribution in [3.8, 4) is 5.69 Å². The van der Waals surface area contributed by atoms with Gasteiger partial charge in [-0.15, -0.1) is 0 Å². The lowest BCUT2D eigenvalue weighted by atomic mass is 9.81. The topological polar surface area (TPSA) is 21.1 Å². The van der Waals surface area contributed by atoms with Crippen LogP contribution in [0.2, 0.25) is 0 Å². The van der Waals surface area contributed by atoms with Crippen LogP contribution in [0.5, 0.6) is 0 Å². The maximum atomic E-state index is 4.55. The highest BCUT2D eigenvalue weighted by Gasteiger charge is 2.43. The lowest BCUT2D eigenvalue weighted by Gasteiger charge is -2.34. The molecule has 1 atom stereocenters. The molecule has 0 radical (unpaired) electrons. The SMILES string of the molecule is Cc1ccc2c(c1N1c3ccccc3C(C)(C)C1C)Cc1nccn1-2. The fourth-order valence-electron chi connectivity index (χ4n) is 4.62. The van der Waals surface area contributed by atoms with Gasteiger partial charge in [0.25, 0.3) is 0 Å². The Kier molecular flexibility index (Phi) is 2.81. The molecule has 0 aliphatic carbocycles. The third kappa shape index (κ3) is 1.78. The number of benzene rings is 2. The van der Waals surface area contributed by atoms with Crippen molar-refractivity contribution in [2.45, 2.75) is 45.6 Å². The lowest BCUT2D eigenvalue weighted by Crippen LogP contribution is -2.36. The minimum absolute atomic E-state index is 0.123. The summed E-state index contributed by atoms with van der Waals surface area (Å²) in [6, 6.07) is 13.8. The van der Waals surface area contributed by atoms with Crippen LogP contribution in [0.3, 0.4) is 0 Å². The van der Waals surface area contributed by atoms with E-state index in [1.54, 1.807) is 0 Å². The van der Waals surface area contributed by atoms with E-state index < -0.39 is 0 Å². The molecule has 0 N–H and O–H groups in total. The fraction of sp³-hybridized carbons (Fsp3) is 0.318. The molecule has 0 saturated carbocycles. The number of aryl methyl sites for hydroxylation is 1. The fourth-order valence-corrected chi connectivity index (χ4v) is 4.62. The van der Waals surface area contributed by atoms with E-state index in [9.17, 15) is 0 Å². The van der Waals surface area contributed by atoms with E-state index in [0.717, 1.165) is 12.2 Å². The smallest absolute Gasteiger partial charge is 0.117 e. The van der Waals surface area contributed by atoms with Crippen molar-refractivity contribution in [3.05, 3.63) is 71.3 Å². The van der Waals surface area contributed by atoms with Crippen molar-refractivity contribution in [1.82, 2.24) is 9.55 Å². The summed E-state index contributed by atoms with van der Waals surface area (Å²) in [6.45, 7) is 9.31. The van der Waals surface area contributed by atoms with E-state index >= 15 is 0 Å². The highest BCUT2D eigenvalue weighted by atomic mass is 15.2. The summed E-state index contributed by atoms with van der Waals surface area (Å²) in [4.78, 5) is 7.11. The van der Waals surface area contributed by atoms with Crippen LogP contribution >= 0.6 is 0 Å². The van der Waals surface area contributed by atoms with Crippen LogP contribution in [0.25, 0.3) is 5.69 Å². The van der Waals surface area contributed by atoms with Crippen molar-refractivity contribution >= 4 is 11.4 Å². The quantitative estimate of drug-likeness (QED) is 0.495. The number of hydrogen-bond donors (Lipinski definition) is 0. The molecule has 5 rings (SSSR count). The Labute approximate surface area is 148 Å². The summed E-state index contributed by atoms with van der Waals surface area (Å²) >= 11 is 0. The van der Waals surface area contributed by atoms with Gasteiger partial charge in [0.05, 0.1) is 11.4 Å². The molecule has 3 nitrogen and oxygen atoms in total. The van der Waals surface area contributed by atoms with Gasteiger partial charge in [0.15, 0.2) is 0 Å². The van der Waals surface area contributed by atoms with Crippen LogP contribution in [0, 0.1) is 6.92 Å². The van der Waals surface area contributed by atoms with Gasteiger partial charge < -0.3 is 9.47 Å². The van der Waals surface area contributed by atoms with Crippen molar-refractivity contribution in [2.75, 3.05) is 4.90 Å². The van der Waals surface area contributed by atoms with Gasteiger partial charge in [-0.3, -0.25) is 0 Å². The van der Waals surface area contributed by atoms with Crippen molar-refractivity contribution in [3.63, 3.8) is 0 Å². The molecule has 2 aromatic carbocycles. The molecular weight excluding hydrogens is 306 g/mol. The van der Waals surface area contributed by atoms with E-state index in [0.29, 0.717) is 6.04 Å². The molecule has 126 valence electrons. The Hall–Kier alpha value is -2.55. The standard InChI is InChI=1S/C22H23N3/c1-14-9-10-18-16(13-20-23-11-12-24(18)20)21(14)25-15(2)22(3,4)17-7-5-6-8-19(17)25/h5-12,15H,13H2,1-4H3. The first kappa shape index (κ1) is 14.8. The Morgan fingerprint density at radius 2 is 1.88 bits per heavy atom. The van der Waals surface area contributed by atoms with Crippen molar-refractivity contribution in [2.24, 2.45) is 0 Å². The van der Waals surface area contributed by atoms with Gasteiger partial charge in [-0.2, -0.15) is 0 Å². The van der Waals surface area contributed by atoms with E-state index in [1.165, 1.54) is 33.8 Å². The minimum atomic E-state index is 0.123. The van der Waals surface area contributed by atoms with Crippen LogP contribution in [0.1, 0.15) is 43.3 Å². The monoisotopic (exact) mass is 329 g/mol. The van der Waals surface area contributed by atoms with Gasteiger partial charge in [-0.05, 0) is 37.1 Å². The van der Waals surface area contributed by atoms with Crippen LogP contribution in [-0.4, -0.2) is 15.6 Å². The maximum Gasteiger partial charge on any atom is 0.117 e. The van der Waals surface area contributed by atoms with E-state index in [1.807, 2.05) is 6.20 Å². The molecule has 0 spiro atoms. The van der Waals surface area contributed by atoms with E-state index in [-0.39, 0.29) is 5.41 Å². The third-order valence-electron chi connectivity index (χ3n) is 6.30. The Balaban J connectivity index is 1.77. The largest absolute Gasteiger partial charge is 0.337 e. The zero-order chi connectivity index (χ0) is 17.3. The first-order valence-electron chi connectivity index (χ1n) is 9.04. The van der Waals surface area contributed by atoms with Crippen LogP contribution in [0.15, 0.2) is 48.8 Å². The average Bonchev–Trinajstić information content (AvgIpc) is 3.22. The first-order valence-corrected chi connectivity index (χ1v) is 9.04. The second-order valence-electron chi connectivity index (χ2n) is 7.90. The van der Waals surface area contributed by atoms with Crippen molar-refractivity contribution in [1.29, 1.82) is 0 Å². The summed E-state index contributed by atoms with van der Waals surface area (Å²) in [5.74, 6) is 1.14. The second kappa shape index (κ2) is 4.75. The zero-order valence-corrected chi connectivity index (χ0v) is 15.2. The number of imidazole rings is 1. The molecular formula is C22H23N3. The molecule has 1 unspecified atom stereocenters. The number of para-hydroxylation sites is 1.